The van der Waals surface area contributed by atoms with Crippen molar-refractivity contribution in [1.82, 2.24) is 15.1 Å². The number of carbonyl (C=O) groups is 4. The number of aromatic amines is 1. The molecule has 2 heterocycles. The van der Waals surface area contributed by atoms with Crippen LogP contribution in [0.3, 0.4) is 0 Å². The molecule has 6 rings (SSSR count). The lowest BCUT2D eigenvalue weighted by Gasteiger charge is -2.30. The molecular formula is C30H26N4O5. The monoisotopic (exact) mass is 522 g/mol. The first kappa shape index (κ1) is 24.5. The molecule has 1 aliphatic heterocycles. The molecule has 1 fully saturated rings. The average molecular weight is 523 g/mol. The molecule has 2 amide bonds. The van der Waals surface area contributed by atoms with E-state index in [1.807, 2.05) is 6.07 Å². The van der Waals surface area contributed by atoms with Gasteiger partial charge in [0.15, 0.2) is 17.4 Å². The second-order valence-electron chi connectivity index (χ2n) is 9.92. The highest BCUT2D eigenvalue weighted by molar-refractivity contribution is 6.28. The summed E-state index contributed by atoms with van der Waals surface area (Å²) in [7, 11) is 0. The summed E-state index contributed by atoms with van der Waals surface area (Å²) < 4.78 is 6.01. The maximum absolute atomic E-state index is 13.0. The number of anilines is 1. The summed E-state index contributed by atoms with van der Waals surface area (Å²) in [5, 5.41) is 10.8. The Kier molecular flexibility index (Phi) is 6.18. The number of hydrogen-bond acceptors (Lipinski definition) is 6. The average Bonchev–Trinajstić information content (AvgIpc) is 3.36. The number of rotatable bonds is 5. The predicted octanol–water partition coefficient (Wildman–Crippen LogP) is 4.11. The van der Waals surface area contributed by atoms with Crippen molar-refractivity contribution in [2.45, 2.75) is 26.4 Å². The summed E-state index contributed by atoms with van der Waals surface area (Å²) in [6.45, 7) is 2.88. The Hall–Kier alpha value is -4.79. The Morgan fingerprint density at radius 3 is 2.36 bits per heavy atom. The van der Waals surface area contributed by atoms with Gasteiger partial charge in [0.2, 0.25) is 11.8 Å². The van der Waals surface area contributed by atoms with Crippen LogP contribution in [0.4, 0.5) is 5.82 Å². The Labute approximate surface area is 224 Å². The quantitative estimate of drug-likeness (QED) is 0.358. The maximum atomic E-state index is 13.0. The van der Waals surface area contributed by atoms with Crippen LogP contribution in [0.25, 0.3) is 10.9 Å². The summed E-state index contributed by atoms with van der Waals surface area (Å²) >= 11 is 0. The fourth-order valence-electron chi connectivity index (χ4n) is 5.26. The van der Waals surface area contributed by atoms with Crippen molar-refractivity contribution < 1.29 is 23.9 Å². The van der Waals surface area contributed by atoms with Crippen molar-refractivity contribution in [2.24, 2.45) is 5.92 Å². The summed E-state index contributed by atoms with van der Waals surface area (Å²) in [5.74, 6) is 0.391. The molecule has 0 saturated carbocycles. The molecule has 196 valence electrons. The number of benzene rings is 3. The molecule has 1 aliphatic carbocycles. The number of piperidine rings is 1. The first-order valence-electron chi connectivity index (χ1n) is 12.9. The molecule has 39 heavy (non-hydrogen) atoms. The Morgan fingerprint density at radius 1 is 0.949 bits per heavy atom. The Bertz CT molecular complexity index is 1650. The zero-order valence-corrected chi connectivity index (χ0v) is 21.3. The third-order valence-corrected chi connectivity index (χ3v) is 7.48. The molecule has 0 bridgehead atoms. The van der Waals surface area contributed by atoms with Gasteiger partial charge in [0.25, 0.3) is 0 Å². The minimum atomic E-state index is -0.183. The number of H-pyrrole nitrogens is 1. The van der Waals surface area contributed by atoms with Crippen molar-refractivity contribution in [1.29, 1.82) is 0 Å². The van der Waals surface area contributed by atoms with Gasteiger partial charge < -0.3 is 15.0 Å². The van der Waals surface area contributed by atoms with Crippen LogP contribution >= 0.6 is 0 Å². The van der Waals surface area contributed by atoms with Gasteiger partial charge in [0, 0.05) is 53.6 Å². The molecule has 4 aromatic rings. The number of ether oxygens (including phenoxy) is 1. The smallest absolute Gasteiger partial charge is 0.228 e. The molecule has 1 saturated heterocycles. The number of nitrogens with zero attached hydrogens (tertiary/aromatic N) is 2. The van der Waals surface area contributed by atoms with Gasteiger partial charge in [-0.05, 0) is 48.7 Å². The van der Waals surface area contributed by atoms with Crippen LogP contribution in [0.15, 0.2) is 60.7 Å². The highest BCUT2D eigenvalue weighted by atomic mass is 16.5. The lowest BCUT2D eigenvalue weighted by atomic mass is 9.83. The van der Waals surface area contributed by atoms with E-state index in [4.69, 9.17) is 4.74 Å². The molecular weight excluding hydrogens is 496 g/mol. The topological polar surface area (TPSA) is 121 Å². The number of hydrogen-bond donors (Lipinski definition) is 2. The van der Waals surface area contributed by atoms with Crippen LogP contribution in [0, 0.1) is 5.92 Å². The van der Waals surface area contributed by atoms with Gasteiger partial charge in [-0.3, -0.25) is 24.3 Å². The van der Waals surface area contributed by atoms with Crippen LogP contribution < -0.4 is 10.1 Å². The molecule has 0 spiro atoms. The standard InChI is InChI=1S/C30H26N4O5/c1-17(35)34-12-10-19(11-13-34)30(38)31-29-25-15-20(7-9-26(25)32-33-29)39-16-18-6-8-23-24(14-18)28(37)22-5-3-2-4-21(22)27(23)36/h2-9,14-15,19H,10-13,16H2,1H3,(H2,31,32,33,38). The van der Waals surface area contributed by atoms with Crippen molar-refractivity contribution in [3.05, 3.63) is 88.5 Å². The minimum Gasteiger partial charge on any atom is -0.489 e. The Morgan fingerprint density at radius 2 is 1.64 bits per heavy atom. The molecule has 0 radical (unpaired) electrons. The third kappa shape index (κ3) is 4.56. The van der Waals surface area contributed by atoms with Crippen molar-refractivity contribution in [3.8, 4) is 5.75 Å². The zero-order chi connectivity index (χ0) is 27.1. The maximum Gasteiger partial charge on any atom is 0.228 e. The molecule has 9 nitrogen and oxygen atoms in total. The number of amides is 2. The molecule has 2 N–H and O–H groups in total. The number of carbonyl (C=O) groups excluding carboxylic acids is 4. The van der Waals surface area contributed by atoms with Crippen molar-refractivity contribution in [2.75, 3.05) is 18.4 Å². The van der Waals surface area contributed by atoms with Crippen LogP contribution in [0.1, 0.15) is 57.2 Å². The van der Waals surface area contributed by atoms with Crippen LogP contribution in [0.2, 0.25) is 0 Å². The van der Waals surface area contributed by atoms with E-state index in [1.165, 1.54) is 0 Å². The van der Waals surface area contributed by atoms with Crippen molar-refractivity contribution in [3.63, 3.8) is 0 Å². The second-order valence-corrected chi connectivity index (χ2v) is 9.92. The number of ketones is 2. The largest absolute Gasteiger partial charge is 0.489 e. The number of fused-ring (bicyclic) bond motifs is 3. The number of nitrogens with one attached hydrogen (secondary N) is 2. The van der Waals surface area contributed by atoms with E-state index >= 15 is 0 Å². The third-order valence-electron chi connectivity index (χ3n) is 7.48. The predicted molar refractivity (Wildman–Crippen MR) is 144 cm³/mol. The van der Waals surface area contributed by atoms with Gasteiger partial charge in [-0.25, -0.2) is 0 Å². The van der Waals surface area contributed by atoms with Gasteiger partial charge in [-0.1, -0.05) is 30.3 Å². The van der Waals surface area contributed by atoms with Crippen LogP contribution in [-0.2, 0) is 16.2 Å². The van der Waals surface area contributed by atoms with E-state index in [9.17, 15) is 19.2 Å². The van der Waals surface area contributed by atoms with Gasteiger partial charge in [-0.2, -0.15) is 5.10 Å². The molecule has 2 aliphatic rings. The van der Waals surface area contributed by atoms with Gasteiger partial charge in [0.05, 0.1) is 5.52 Å². The van der Waals surface area contributed by atoms with E-state index in [-0.39, 0.29) is 35.9 Å². The molecule has 0 unspecified atom stereocenters. The highest BCUT2D eigenvalue weighted by Gasteiger charge is 2.29. The summed E-state index contributed by atoms with van der Waals surface area (Å²) in [6.07, 6.45) is 1.23. The fourth-order valence-corrected chi connectivity index (χ4v) is 5.26. The molecule has 3 aromatic carbocycles. The lowest BCUT2D eigenvalue weighted by molar-refractivity contribution is -0.132. The SMILES string of the molecule is CC(=O)N1CCC(C(=O)Nc2n[nH]c3ccc(OCc4ccc5c(c4)C(=O)c4ccccc4C5=O)cc23)CC1. The summed E-state index contributed by atoms with van der Waals surface area (Å²) in [5.41, 5.74) is 3.13. The molecule has 1 aromatic heterocycles. The van der Waals surface area contributed by atoms with E-state index in [1.54, 1.807) is 66.4 Å². The zero-order valence-electron chi connectivity index (χ0n) is 21.3. The minimum absolute atomic E-state index is 0.0282. The number of likely N-dealkylation sites (tertiary alicyclic amines) is 1. The van der Waals surface area contributed by atoms with Crippen molar-refractivity contribution >= 4 is 40.1 Å². The van der Waals surface area contributed by atoms with Crippen LogP contribution in [0.5, 0.6) is 5.75 Å². The first-order valence-corrected chi connectivity index (χ1v) is 12.9. The van der Waals surface area contributed by atoms with E-state index in [2.05, 4.69) is 15.5 Å². The fraction of sp³-hybridized carbons (Fsp3) is 0.233. The highest BCUT2D eigenvalue weighted by Crippen LogP contribution is 2.30. The van der Waals surface area contributed by atoms with Gasteiger partial charge in [-0.15, -0.1) is 0 Å². The van der Waals surface area contributed by atoms with Crippen LogP contribution in [-0.4, -0.2) is 51.6 Å². The summed E-state index contributed by atoms with van der Waals surface area (Å²) in [4.78, 5) is 52.1. The van der Waals surface area contributed by atoms with E-state index < -0.39 is 0 Å². The molecule has 9 heteroatoms. The van der Waals surface area contributed by atoms with Gasteiger partial charge in [0.1, 0.15) is 12.4 Å². The Balaban J connectivity index is 1.15. The molecule has 0 atom stereocenters. The number of aromatic nitrogens is 2. The van der Waals surface area contributed by atoms with Gasteiger partial charge >= 0.3 is 0 Å². The summed E-state index contributed by atoms with van der Waals surface area (Å²) in [6, 6.07) is 17.5. The van der Waals surface area contributed by atoms with E-state index in [0.717, 1.165) is 11.1 Å². The first-order chi connectivity index (χ1) is 18.9. The lowest BCUT2D eigenvalue weighted by Crippen LogP contribution is -2.40. The van der Waals surface area contributed by atoms with E-state index in [0.29, 0.717) is 65.1 Å². The normalized spacial score (nSPS) is 15.2. The second kappa shape index (κ2) is 9.83.